The van der Waals surface area contributed by atoms with E-state index in [1.807, 2.05) is 0 Å². The second-order valence-electron chi connectivity index (χ2n) is 3.49. The zero-order chi connectivity index (χ0) is 14.0. The first-order valence-electron chi connectivity index (χ1n) is 4.99. The van der Waals surface area contributed by atoms with Crippen LogP contribution in [0.1, 0.15) is 10.4 Å². The van der Waals surface area contributed by atoms with Gasteiger partial charge in [0.05, 0.1) is 5.02 Å². The molecule has 0 aliphatic carbocycles. The second-order valence-corrected chi connectivity index (χ2v) is 4.77. The van der Waals surface area contributed by atoms with Gasteiger partial charge in [-0.3, -0.25) is 0 Å². The zero-order valence-corrected chi connectivity index (χ0v) is 11.5. The molecule has 0 aliphatic heterocycles. The van der Waals surface area contributed by atoms with Crippen molar-refractivity contribution in [1.29, 1.82) is 0 Å². The van der Waals surface area contributed by atoms with Crippen LogP contribution in [-0.4, -0.2) is 16.1 Å². The summed E-state index contributed by atoms with van der Waals surface area (Å²) in [6.07, 6.45) is 1.35. The number of hydrogen-bond acceptors (Lipinski definition) is 3. The van der Waals surface area contributed by atoms with E-state index in [9.17, 15) is 4.79 Å². The predicted molar refractivity (Wildman–Crippen MR) is 72.7 cm³/mol. The van der Waals surface area contributed by atoms with Gasteiger partial charge in [0.1, 0.15) is 16.3 Å². The summed E-state index contributed by atoms with van der Waals surface area (Å²) in [5, 5.41) is 9.89. The molecule has 1 N–H and O–H groups in total. The molecule has 0 saturated carbocycles. The highest BCUT2D eigenvalue weighted by atomic mass is 35.5. The Morgan fingerprint density at radius 3 is 2.53 bits per heavy atom. The van der Waals surface area contributed by atoms with Crippen molar-refractivity contribution in [3.05, 3.63) is 51.1 Å². The van der Waals surface area contributed by atoms with Crippen molar-refractivity contribution in [2.45, 2.75) is 0 Å². The quantitative estimate of drug-likeness (QED) is 0.903. The van der Waals surface area contributed by atoms with E-state index in [0.29, 0.717) is 10.0 Å². The zero-order valence-electron chi connectivity index (χ0n) is 9.23. The number of benzene rings is 1. The number of nitrogens with zero attached hydrogens (tertiary/aromatic N) is 1. The highest BCUT2D eigenvalue weighted by Gasteiger charge is 2.14. The largest absolute Gasteiger partial charge is 0.478 e. The van der Waals surface area contributed by atoms with Gasteiger partial charge < -0.3 is 9.84 Å². The fourth-order valence-electron chi connectivity index (χ4n) is 1.34. The van der Waals surface area contributed by atoms with E-state index in [1.165, 1.54) is 30.5 Å². The maximum atomic E-state index is 11.1. The van der Waals surface area contributed by atoms with Crippen LogP contribution in [0.25, 0.3) is 0 Å². The van der Waals surface area contributed by atoms with Gasteiger partial charge in [-0.15, -0.1) is 0 Å². The van der Waals surface area contributed by atoms with E-state index in [2.05, 4.69) is 4.98 Å². The van der Waals surface area contributed by atoms with Crippen LogP contribution in [0.3, 0.4) is 0 Å². The smallest absolute Gasteiger partial charge is 0.339 e. The predicted octanol–water partition coefficient (Wildman–Crippen LogP) is 4.53. The maximum Gasteiger partial charge on any atom is 0.339 e. The van der Waals surface area contributed by atoms with Gasteiger partial charge in [0.15, 0.2) is 0 Å². The number of pyridine rings is 1. The van der Waals surface area contributed by atoms with Gasteiger partial charge in [-0.1, -0.05) is 34.8 Å². The summed E-state index contributed by atoms with van der Waals surface area (Å²) < 4.78 is 5.37. The summed E-state index contributed by atoms with van der Waals surface area (Å²) in [6.45, 7) is 0. The molecule has 19 heavy (non-hydrogen) atoms. The SMILES string of the molecule is O=C(O)c1cc(Cl)ccc1Oc1ncc(Cl)cc1Cl. The Hall–Kier alpha value is -1.49. The third-order valence-electron chi connectivity index (χ3n) is 2.15. The molecule has 2 aromatic rings. The van der Waals surface area contributed by atoms with Gasteiger partial charge >= 0.3 is 5.97 Å². The number of carboxylic acid groups (broad SMARTS) is 1. The minimum atomic E-state index is -1.16. The van der Waals surface area contributed by atoms with Crippen LogP contribution in [0.15, 0.2) is 30.5 Å². The lowest BCUT2D eigenvalue weighted by atomic mass is 10.2. The normalized spacial score (nSPS) is 10.3. The number of ether oxygens (including phenoxy) is 1. The van der Waals surface area contributed by atoms with Gasteiger partial charge in [-0.2, -0.15) is 0 Å². The molecular weight excluding hydrogens is 312 g/mol. The van der Waals surface area contributed by atoms with Crippen LogP contribution >= 0.6 is 34.8 Å². The van der Waals surface area contributed by atoms with Gasteiger partial charge in [0.25, 0.3) is 0 Å². The Bertz CT molecular complexity index is 646. The van der Waals surface area contributed by atoms with Crippen molar-refractivity contribution in [2.24, 2.45) is 0 Å². The molecule has 2 rings (SSSR count). The highest BCUT2D eigenvalue weighted by Crippen LogP contribution is 2.32. The fraction of sp³-hybridized carbons (Fsp3) is 0. The lowest BCUT2D eigenvalue weighted by molar-refractivity contribution is 0.0694. The molecule has 1 aromatic carbocycles. The molecule has 0 amide bonds. The van der Waals surface area contributed by atoms with Crippen LogP contribution < -0.4 is 4.74 Å². The number of aromatic nitrogens is 1. The number of rotatable bonds is 3. The molecule has 0 atom stereocenters. The van der Waals surface area contributed by atoms with Crippen molar-refractivity contribution in [3.8, 4) is 11.6 Å². The topological polar surface area (TPSA) is 59.4 Å². The summed E-state index contributed by atoms with van der Waals surface area (Å²) in [5.41, 5.74) is -0.0830. The van der Waals surface area contributed by atoms with Crippen molar-refractivity contribution in [2.75, 3.05) is 0 Å². The molecule has 0 saturated heterocycles. The van der Waals surface area contributed by atoms with E-state index in [4.69, 9.17) is 44.6 Å². The Morgan fingerprint density at radius 2 is 1.89 bits per heavy atom. The summed E-state index contributed by atoms with van der Waals surface area (Å²) in [5.74, 6) is -1.01. The van der Waals surface area contributed by atoms with Crippen molar-refractivity contribution < 1.29 is 14.6 Å². The van der Waals surface area contributed by atoms with Crippen LogP contribution in [-0.2, 0) is 0 Å². The molecule has 0 aliphatic rings. The molecule has 7 heteroatoms. The molecule has 1 heterocycles. The summed E-state index contributed by atoms with van der Waals surface area (Å²) in [4.78, 5) is 15.0. The van der Waals surface area contributed by atoms with Crippen LogP contribution in [0.5, 0.6) is 11.6 Å². The fourth-order valence-corrected chi connectivity index (χ4v) is 1.93. The van der Waals surface area contributed by atoms with E-state index in [0.717, 1.165) is 0 Å². The van der Waals surface area contributed by atoms with Gasteiger partial charge in [-0.05, 0) is 24.3 Å². The minimum absolute atomic E-state index is 0.0656. The lowest BCUT2D eigenvalue weighted by Gasteiger charge is -2.09. The first kappa shape index (κ1) is 13.9. The molecule has 0 fully saturated rings. The Balaban J connectivity index is 2.40. The molecule has 98 valence electrons. The van der Waals surface area contributed by atoms with E-state index in [-0.39, 0.29) is 22.2 Å². The minimum Gasteiger partial charge on any atom is -0.478 e. The molecule has 0 radical (unpaired) electrons. The van der Waals surface area contributed by atoms with Crippen LogP contribution in [0, 0.1) is 0 Å². The second kappa shape index (κ2) is 5.65. The first-order chi connectivity index (χ1) is 8.97. The first-order valence-corrected chi connectivity index (χ1v) is 6.12. The molecule has 0 spiro atoms. The Morgan fingerprint density at radius 1 is 1.16 bits per heavy atom. The lowest BCUT2D eigenvalue weighted by Crippen LogP contribution is -2.00. The van der Waals surface area contributed by atoms with Crippen LogP contribution in [0.4, 0.5) is 0 Å². The average molecular weight is 319 g/mol. The van der Waals surface area contributed by atoms with E-state index >= 15 is 0 Å². The van der Waals surface area contributed by atoms with Gasteiger partial charge in [0, 0.05) is 11.2 Å². The summed E-state index contributed by atoms with van der Waals surface area (Å²) >= 11 is 17.3. The van der Waals surface area contributed by atoms with E-state index < -0.39 is 5.97 Å². The third kappa shape index (κ3) is 3.29. The molecule has 1 aromatic heterocycles. The summed E-state index contributed by atoms with van der Waals surface area (Å²) in [6, 6.07) is 5.66. The Kier molecular flexibility index (Phi) is 4.14. The van der Waals surface area contributed by atoms with E-state index in [1.54, 1.807) is 0 Å². The van der Waals surface area contributed by atoms with Crippen molar-refractivity contribution >= 4 is 40.8 Å². The van der Waals surface area contributed by atoms with Crippen molar-refractivity contribution in [1.82, 2.24) is 4.98 Å². The number of aromatic carboxylic acids is 1. The molecule has 4 nitrogen and oxygen atoms in total. The van der Waals surface area contributed by atoms with Gasteiger partial charge in [0.2, 0.25) is 5.88 Å². The number of hydrogen-bond donors (Lipinski definition) is 1. The molecular formula is C12H6Cl3NO3. The highest BCUT2D eigenvalue weighted by molar-refractivity contribution is 6.35. The van der Waals surface area contributed by atoms with Crippen LogP contribution in [0.2, 0.25) is 15.1 Å². The van der Waals surface area contributed by atoms with Crippen molar-refractivity contribution in [3.63, 3.8) is 0 Å². The molecule has 0 unspecified atom stereocenters. The average Bonchev–Trinajstić information content (AvgIpc) is 2.34. The maximum absolute atomic E-state index is 11.1. The standard InChI is InChI=1S/C12H6Cl3NO3/c13-6-1-2-10(8(3-6)12(17)18)19-11-9(15)4-7(14)5-16-11/h1-5H,(H,17,18). The number of halogens is 3. The summed E-state index contributed by atoms with van der Waals surface area (Å²) in [7, 11) is 0. The third-order valence-corrected chi connectivity index (χ3v) is 2.87. The molecule has 0 bridgehead atoms. The number of carbonyl (C=O) groups is 1. The Labute approximate surface area is 123 Å². The monoisotopic (exact) mass is 317 g/mol. The number of carboxylic acids is 1. The van der Waals surface area contributed by atoms with Gasteiger partial charge in [-0.25, -0.2) is 9.78 Å².